The van der Waals surface area contributed by atoms with E-state index in [4.69, 9.17) is 4.74 Å². The second-order valence-electron chi connectivity index (χ2n) is 5.40. The second kappa shape index (κ2) is 7.13. The van der Waals surface area contributed by atoms with E-state index >= 15 is 0 Å². The number of hydrogen-bond donors (Lipinski definition) is 0. The third-order valence-corrected chi connectivity index (χ3v) is 3.98. The number of carbonyl (C=O) groups excluding carboxylic acids is 1. The van der Waals surface area contributed by atoms with E-state index in [-0.39, 0.29) is 5.97 Å². The van der Waals surface area contributed by atoms with Crippen molar-refractivity contribution in [1.29, 1.82) is 0 Å². The van der Waals surface area contributed by atoms with Gasteiger partial charge in [0.15, 0.2) is 0 Å². The number of anilines is 2. The second-order valence-corrected chi connectivity index (χ2v) is 5.40. The molecule has 1 aliphatic rings. The molecule has 0 N–H and O–H groups in total. The minimum absolute atomic E-state index is 0.305. The van der Waals surface area contributed by atoms with Crippen LogP contribution in [0.25, 0.3) is 0 Å². The van der Waals surface area contributed by atoms with Gasteiger partial charge in [-0.1, -0.05) is 18.2 Å². The van der Waals surface area contributed by atoms with Crippen molar-refractivity contribution in [3.05, 3.63) is 54.2 Å². The number of piperazine rings is 1. The van der Waals surface area contributed by atoms with Crippen molar-refractivity contribution in [2.45, 2.75) is 6.92 Å². The van der Waals surface area contributed by atoms with Crippen LogP contribution in [-0.4, -0.2) is 43.7 Å². The van der Waals surface area contributed by atoms with E-state index in [1.807, 2.05) is 13.0 Å². The zero-order valence-corrected chi connectivity index (χ0v) is 13.3. The van der Waals surface area contributed by atoms with Gasteiger partial charge in [-0.2, -0.15) is 0 Å². The third-order valence-electron chi connectivity index (χ3n) is 3.98. The van der Waals surface area contributed by atoms with E-state index in [9.17, 15) is 4.79 Å². The van der Waals surface area contributed by atoms with Gasteiger partial charge in [0.25, 0.3) is 0 Å². The van der Waals surface area contributed by atoms with Crippen LogP contribution in [-0.2, 0) is 4.74 Å². The zero-order chi connectivity index (χ0) is 16.1. The molecule has 5 heteroatoms. The molecule has 3 rings (SSSR count). The van der Waals surface area contributed by atoms with Gasteiger partial charge in [0.1, 0.15) is 11.4 Å². The molecule has 0 saturated carbocycles. The quantitative estimate of drug-likeness (QED) is 0.812. The highest BCUT2D eigenvalue weighted by Gasteiger charge is 2.23. The van der Waals surface area contributed by atoms with Crippen LogP contribution >= 0.6 is 0 Å². The number of pyridine rings is 1. The molecule has 1 saturated heterocycles. The summed E-state index contributed by atoms with van der Waals surface area (Å²) in [6.45, 7) is 5.66. The largest absolute Gasteiger partial charge is 0.462 e. The van der Waals surface area contributed by atoms with Crippen molar-refractivity contribution in [3.8, 4) is 0 Å². The lowest BCUT2D eigenvalue weighted by atomic mass is 10.2. The Morgan fingerprint density at radius 3 is 2.43 bits per heavy atom. The molecule has 2 heterocycles. The molecule has 1 aromatic carbocycles. The molecule has 1 aromatic heterocycles. The fourth-order valence-electron chi connectivity index (χ4n) is 2.83. The average Bonchev–Trinajstić information content (AvgIpc) is 2.63. The molecular formula is C18H21N3O2. The summed E-state index contributed by atoms with van der Waals surface area (Å²) >= 11 is 0. The summed E-state index contributed by atoms with van der Waals surface area (Å²) in [6.07, 6.45) is 1.72. The molecule has 0 aliphatic carbocycles. The SMILES string of the molecule is CCOC(=O)c1cccnc1N1CCN(c2ccccc2)CC1. The highest BCUT2D eigenvalue weighted by Crippen LogP contribution is 2.22. The smallest absolute Gasteiger partial charge is 0.341 e. The molecule has 23 heavy (non-hydrogen) atoms. The number of benzene rings is 1. The van der Waals surface area contributed by atoms with E-state index in [2.05, 4.69) is 39.0 Å². The Hall–Kier alpha value is -2.56. The Kier molecular flexibility index (Phi) is 4.76. The number of esters is 1. The van der Waals surface area contributed by atoms with E-state index in [0.717, 1.165) is 32.0 Å². The molecule has 120 valence electrons. The summed E-state index contributed by atoms with van der Waals surface area (Å²) in [5, 5.41) is 0. The van der Waals surface area contributed by atoms with Gasteiger partial charge in [0, 0.05) is 38.1 Å². The first-order chi connectivity index (χ1) is 11.3. The Labute approximate surface area is 136 Å². The van der Waals surface area contributed by atoms with Crippen LogP contribution in [0.4, 0.5) is 11.5 Å². The Bertz CT molecular complexity index is 652. The average molecular weight is 311 g/mol. The van der Waals surface area contributed by atoms with Crippen LogP contribution < -0.4 is 9.80 Å². The topological polar surface area (TPSA) is 45.7 Å². The molecule has 0 spiro atoms. The maximum atomic E-state index is 12.1. The van der Waals surface area contributed by atoms with E-state index in [0.29, 0.717) is 12.2 Å². The first-order valence-corrected chi connectivity index (χ1v) is 7.96. The normalized spacial score (nSPS) is 14.7. The van der Waals surface area contributed by atoms with Crippen molar-refractivity contribution < 1.29 is 9.53 Å². The number of nitrogens with zero attached hydrogens (tertiary/aromatic N) is 3. The molecule has 1 aliphatic heterocycles. The highest BCUT2D eigenvalue weighted by molar-refractivity contribution is 5.94. The lowest BCUT2D eigenvalue weighted by Gasteiger charge is -2.37. The maximum absolute atomic E-state index is 12.1. The predicted octanol–water partition coefficient (Wildman–Crippen LogP) is 2.58. The van der Waals surface area contributed by atoms with Crippen LogP contribution in [0.1, 0.15) is 17.3 Å². The van der Waals surface area contributed by atoms with Crippen LogP contribution in [0.3, 0.4) is 0 Å². The molecular weight excluding hydrogens is 290 g/mol. The van der Waals surface area contributed by atoms with Gasteiger partial charge in [-0.15, -0.1) is 0 Å². The number of rotatable bonds is 4. The van der Waals surface area contributed by atoms with Crippen LogP contribution in [0.2, 0.25) is 0 Å². The summed E-state index contributed by atoms with van der Waals surface area (Å²) in [6, 6.07) is 13.9. The van der Waals surface area contributed by atoms with Crippen LogP contribution in [0.5, 0.6) is 0 Å². The standard InChI is InChI=1S/C18H21N3O2/c1-2-23-18(22)16-9-6-10-19-17(16)21-13-11-20(12-14-21)15-7-4-3-5-8-15/h3-10H,2,11-14H2,1H3. The van der Waals surface area contributed by atoms with Crippen molar-refractivity contribution in [1.82, 2.24) is 4.98 Å². The molecule has 0 amide bonds. The Morgan fingerprint density at radius 1 is 1.04 bits per heavy atom. The molecule has 0 atom stereocenters. The van der Waals surface area contributed by atoms with Gasteiger partial charge in [-0.3, -0.25) is 0 Å². The number of hydrogen-bond acceptors (Lipinski definition) is 5. The summed E-state index contributed by atoms with van der Waals surface area (Å²) < 4.78 is 5.13. The van der Waals surface area contributed by atoms with Gasteiger partial charge in [-0.25, -0.2) is 9.78 Å². The van der Waals surface area contributed by atoms with Crippen molar-refractivity contribution in [3.63, 3.8) is 0 Å². The van der Waals surface area contributed by atoms with Crippen molar-refractivity contribution >= 4 is 17.5 Å². The minimum atomic E-state index is -0.305. The summed E-state index contributed by atoms with van der Waals surface area (Å²) in [5.41, 5.74) is 1.78. The molecule has 1 fully saturated rings. The Morgan fingerprint density at radius 2 is 1.74 bits per heavy atom. The zero-order valence-electron chi connectivity index (χ0n) is 13.3. The third kappa shape index (κ3) is 3.44. The van der Waals surface area contributed by atoms with Gasteiger partial charge in [-0.05, 0) is 31.2 Å². The van der Waals surface area contributed by atoms with E-state index in [1.165, 1.54) is 5.69 Å². The van der Waals surface area contributed by atoms with Gasteiger partial charge in [0.2, 0.25) is 0 Å². The first-order valence-electron chi connectivity index (χ1n) is 7.96. The number of carbonyl (C=O) groups is 1. The van der Waals surface area contributed by atoms with Crippen molar-refractivity contribution in [2.24, 2.45) is 0 Å². The van der Waals surface area contributed by atoms with Gasteiger partial charge in [0.05, 0.1) is 6.61 Å². The summed E-state index contributed by atoms with van der Waals surface area (Å²) in [7, 11) is 0. The van der Waals surface area contributed by atoms with Gasteiger partial charge >= 0.3 is 5.97 Å². The predicted molar refractivity (Wildman–Crippen MR) is 91.1 cm³/mol. The highest BCUT2D eigenvalue weighted by atomic mass is 16.5. The number of para-hydroxylation sites is 1. The summed E-state index contributed by atoms with van der Waals surface area (Å²) in [4.78, 5) is 21.0. The lowest BCUT2D eigenvalue weighted by molar-refractivity contribution is 0.0526. The molecule has 5 nitrogen and oxygen atoms in total. The van der Waals surface area contributed by atoms with Crippen LogP contribution in [0, 0.1) is 0 Å². The molecule has 2 aromatic rings. The van der Waals surface area contributed by atoms with Crippen LogP contribution in [0.15, 0.2) is 48.7 Å². The monoisotopic (exact) mass is 311 g/mol. The first kappa shape index (κ1) is 15.3. The fourth-order valence-corrected chi connectivity index (χ4v) is 2.83. The van der Waals surface area contributed by atoms with Crippen molar-refractivity contribution in [2.75, 3.05) is 42.6 Å². The van der Waals surface area contributed by atoms with E-state index < -0.39 is 0 Å². The summed E-state index contributed by atoms with van der Waals surface area (Å²) in [5.74, 6) is 0.416. The molecule has 0 unspecified atom stereocenters. The van der Waals surface area contributed by atoms with Gasteiger partial charge < -0.3 is 14.5 Å². The van der Waals surface area contributed by atoms with E-state index in [1.54, 1.807) is 18.3 Å². The number of ether oxygens (including phenoxy) is 1. The fraction of sp³-hybridized carbons (Fsp3) is 0.333. The maximum Gasteiger partial charge on any atom is 0.341 e. The molecule has 0 radical (unpaired) electrons. The molecule has 0 bridgehead atoms. The Balaban J connectivity index is 1.72. The minimum Gasteiger partial charge on any atom is -0.462 e. The number of aromatic nitrogens is 1. The lowest BCUT2D eigenvalue weighted by Crippen LogP contribution is -2.47.